The molecule has 0 aliphatic heterocycles. The predicted octanol–water partition coefficient (Wildman–Crippen LogP) is 4.54. The van der Waals surface area contributed by atoms with Crippen molar-refractivity contribution < 1.29 is 9.18 Å². The number of amides is 1. The average molecular weight is 340 g/mol. The number of hydrogen-bond acceptors (Lipinski definition) is 3. The molecular weight excluding hydrogens is 323 g/mol. The Kier molecular flexibility index (Phi) is 4.77. The molecule has 1 amide bonds. The predicted molar refractivity (Wildman–Crippen MR) is 94.3 cm³/mol. The molecule has 0 radical (unpaired) electrons. The van der Waals surface area contributed by atoms with Crippen LogP contribution in [0.3, 0.4) is 0 Å². The van der Waals surface area contributed by atoms with Gasteiger partial charge in [-0.15, -0.1) is 11.3 Å². The number of anilines is 1. The van der Waals surface area contributed by atoms with E-state index in [1.165, 1.54) is 34.4 Å². The van der Waals surface area contributed by atoms with E-state index in [1.807, 2.05) is 0 Å². The number of thiophene rings is 1. The topological polar surface area (TPSA) is 52.9 Å². The lowest BCUT2D eigenvalue weighted by Gasteiger charge is -2.17. The maximum atomic E-state index is 12.9. The van der Waals surface area contributed by atoms with Gasteiger partial charge < -0.3 is 5.32 Å². The number of carbonyl (C=O) groups excluding carboxylic acids is 1. The van der Waals surface area contributed by atoms with Gasteiger partial charge in [-0.25, -0.2) is 4.39 Å². The van der Waals surface area contributed by atoms with Crippen molar-refractivity contribution in [3.05, 3.63) is 57.7 Å². The Labute approximate surface area is 144 Å². The Balaban J connectivity index is 1.75. The number of nitrogens with one attached hydrogen (secondary N) is 1. The maximum Gasteiger partial charge on any atom is 0.249 e. The van der Waals surface area contributed by atoms with Crippen LogP contribution in [-0.4, -0.2) is 5.91 Å². The summed E-state index contributed by atoms with van der Waals surface area (Å²) in [5.41, 5.74) is 2.44. The van der Waals surface area contributed by atoms with Gasteiger partial charge in [0.2, 0.25) is 5.91 Å². The smallest absolute Gasteiger partial charge is 0.249 e. The first-order valence-corrected chi connectivity index (χ1v) is 8.67. The second-order valence-corrected chi connectivity index (χ2v) is 7.15. The molecule has 3 rings (SSSR count). The van der Waals surface area contributed by atoms with Gasteiger partial charge in [-0.05, 0) is 54.5 Å². The fraction of sp³-hybridized carbons (Fsp3) is 0.263. The zero-order valence-corrected chi connectivity index (χ0v) is 14.1. The van der Waals surface area contributed by atoms with Gasteiger partial charge in [-0.3, -0.25) is 4.79 Å². The van der Waals surface area contributed by atoms with E-state index in [2.05, 4.69) is 18.3 Å². The van der Waals surface area contributed by atoms with E-state index in [4.69, 9.17) is 0 Å². The summed E-state index contributed by atoms with van der Waals surface area (Å²) in [5.74, 6) is 0.0146. The third kappa shape index (κ3) is 3.55. The van der Waals surface area contributed by atoms with Crippen LogP contribution in [0.15, 0.2) is 30.3 Å². The van der Waals surface area contributed by atoms with Crippen molar-refractivity contribution in [3.63, 3.8) is 0 Å². The molecule has 0 saturated heterocycles. The second-order valence-electron chi connectivity index (χ2n) is 6.04. The van der Waals surface area contributed by atoms with E-state index in [0.29, 0.717) is 16.5 Å². The molecule has 1 aliphatic rings. The lowest BCUT2D eigenvalue weighted by atomic mass is 9.89. The van der Waals surface area contributed by atoms with Crippen molar-refractivity contribution in [1.82, 2.24) is 0 Å². The van der Waals surface area contributed by atoms with Crippen LogP contribution < -0.4 is 5.32 Å². The highest BCUT2D eigenvalue weighted by Crippen LogP contribution is 2.39. The number of hydrogen-bond donors (Lipinski definition) is 1. The van der Waals surface area contributed by atoms with Gasteiger partial charge in [0.05, 0.1) is 5.56 Å². The number of carbonyl (C=O) groups is 1. The summed E-state index contributed by atoms with van der Waals surface area (Å²) in [4.78, 5) is 13.3. The number of halogens is 1. The van der Waals surface area contributed by atoms with Crippen molar-refractivity contribution in [1.29, 1.82) is 5.26 Å². The Morgan fingerprint density at radius 3 is 2.88 bits per heavy atom. The van der Waals surface area contributed by atoms with E-state index in [-0.39, 0.29) is 11.7 Å². The van der Waals surface area contributed by atoms with Gasteiger partial charge >= 0.3 is 0 Å². The minimum atomic E-state index is -0.311. The molecule has 5 heteroatoms. The number of fused-ring (bicyclic) bond motifs is 1. The monoisotopic (exact) mass is 340 g/mol. The summed E-state index contributed by atoms with van der Waals surface area (Å²) >= 11 is 1.50. The zero-order chi connectivity index (χ0) is 17.1. The SMILES string of the molecule is C[C@@H]1CCc2c(sc(NC(=O)/C=C\c3ccc(F)cc3)c2C#N)C1. The molecule has 1 N–H and O–H groups in total. The Morgan fingerprint density at radius 2 is 2.17 bits per heavy atom. The molecule has 0 saturated carbocycles. The minimum absolute atomic E-state index is 0.289. The van der Waals surface area contributed by atoms with Crippen LogP contribution in [0.25, 0.3) is 6.08 Å². The normalized spacial score (nSPS) is 16.6. The summed E-state index contributed by atoms with van der Waals surface area (Å²) in [6, 6.07) is 8.13. The Bertz CT molecular complexity index is 830. The van der Waals surface area contributed by atoms with Gasteiger partial charge in [-0.2, -0.15) is 5.26 Å². The molecule has 2 aromatic rings. The Hall–Kier alpha value is -2.45. The van der Waals surface area contributed by atoms with Crippen molar-refractivity contribution in [2.45, 2.75) is 26.2 Å². The number of benzene rings is 1. The van der Waals surface area contributed by atoms with Gasteiger partial charge in [0.25, 0.3) is 0 Å². The lowest BCUT2D eigenvalue weighted by molar-refractivity contribution is -0.111. The van der Waals surface area contributed by atoms with Gasteiger partial charge in [0.1, 0.15) is 16.9 Å². The third-order valence-electron chi connectivity index (χ3n) is 4.16. The van der Waals surface area contributed by atoms with Gasteiger partial charge in [0, 0.05) is 11.0 Å². The minimum Gasteiger partial charge on any atom is -0.313 e. The van der Waals surface area contributed by atoms with Crippen LogP contribution in [0.5, 0.6) is 0 Å². The molecule has 122 valence electrons. The average Bonchev–Trinajstić information content (AvgIpc) is 2.90. The van der Waals surface area contributed by atoms with Gasteiger partial charge in [0.15, 0.2) is 0 Å². The van der Waals surface area contributed by atoms with Crippen LogP contribution in [-0.2, 0) is 17.6 Å². The fourth-order valence-electron chi connectivity index (χ4n) is 2.86. The van der Waals surface area contributed by atoms with E-state index < -0.39 is 0 Å². The third-order valence-corrected chi connectivity index (χ3v) is 5.33. The fourth-order valence-corrected chi connectivity index (χ4v) is 4.22. The molecule has 0 spiro atoms. The van der Waals surface area contributed by atoms with E-state index >= 15 is 0 Å². The van der Waals surface area contributed by atoms with Crippen LogP contribution >= 0.6 is 11.3 Å². The van der Waals surface area contributed by atoms with E-state index in [1.54, 1.807) is 18.2 Å². The standard InChI is InChI=1S/C19H17FN2OS/c1-12-2-8-15-16(11-21)19(24-17(15)10-12)22-18(23)9-5-13-3-6-14(20)7-4-13/h3-7,9,12H,2,8,10H2,1H3,(H,22,23)/b9-5-/t12-/m1/s1. The summed E-state index contributed by atoms with van der Waals surface area (Å²) in [6.45, 7) is 2.21. The molecule has 3 nitrogen and oxygen atoms in total. The van der Waals surface area contributed by atoms with E-state index in [0.717, 1.165) is 30.4 Å². The van der Waals surface area contributed by atoms with Crippen LogP contribution in [0.2, 0.25) is 0 Å². The lowest BCUT2D eigenvalue weighted by Crippen LogP contribution is -2.10. The first-order chi connectivity index (χ1) is 11.6. The van der Waals surface area contributed by atoms with Crippen molar-refractivity contribution in [3.8, 4) is 6.07 Å². The van der Waals surface area contributed by atoms with Crippen molar-refractivity contribution >= 4 is 28.3 Å². The first kappa shape index (κ1) is 16.4. The highest BCUT2D eigenvalue weighted by atomic mass is 32.1. The highest BCUT2D eigenvalue weighted by molar-refractivity contribution is 7.16. The van der Waals surface area contributed by atoms with Crippen LogP contribution in [0.4, 0.5) is 9.39 Å². The first-order valence-electron chi connectivity index (χ1n) is 7.86. The number of rotatable bonds is 3. The van der Waals surface area contributed by atoms with E-state index in [9.17, 15) is 14.4 Å². The largest absolute Gasteiger partial charge is 0.313 e. The number of nitriles is 1. The molecular formula is C19H17FN2OS. The van der Waals surface area contributed by atoms with Crippen molar-refractivity contribution in [2.24, 2.45) is 5.92 Å². The van der Waals surface area contributed by atoms with Crippen LogP contribution in [0, 0.1) is 23.1 Å². The molecule has 1 aromatic carbocycles. The molecule has 1 aromatic heterocycles. The summed E-state index contributed by atoms with van der Waals surface area (Å²) in [7, 11) is 0. The molecule has 24 heavy (non-hydrogen) atoms. The number of nitrogens with zero attached hydrogens (tertiary/aromatic N) is 1. The quantitative estimate of drug-likeness (QED) is 0.834. The van der Waals surface area contributed by atoms with Crippen LogP contribution in [0.1, 0.15) is 34.9 Å². The molecule has 0 bridgehead atoms. The molecule has 1 aliphatic carbocycles. The second kappa shape index (κ2) is 6.98. The zero-order valence-electron chi connectivity index (χ0n) is 13.3. The summed E-state index contributed by atoms with van der Waals surface area (Å²) < 4.78 is 12.9. The molecule has 1 heterocycles. The Morgan fingerprint density at radius 1 is 1.42 bits per heavy atom. The van der Waals surface area contributed by atoms with Crippen molar-refractivity contribution in [2.75, 3.05) is 5.32 Å². The molecule has 0 unspecified atom stereocenters. The summed E-state index contributed by atoms with van der Waals surface area (Å²) in [6.07, 6.45) is 5.97. The maximum absolute atomic E-state index is 12.9. The summed E-state index contributed by atoms with van der Waals surface area (Å²) in [5, 5.41) is 12.9. The van der Waals surface area contributed by atoms with Gasteiger partial charge in [-0.1, -0.05) is 19.1 Å². The molecule has 0 fully saturated rings. The molecule has 1 atom stereocenters. The highest BCUT2D eigenvalue weighted by Gasteiger charge is 2.24.